The second-order valence-electron chi connectivity index (χ2n) is 5.18. The number of rotatable bonds is 6. The Balaban J connectivity index is 2.20. The number of halogens is 1. The van der Waals surface area contributed by atoms with E-state index in [1.165, 1.54) is 0 Å². The summed E-state index contributed by atoms with van der Waals surface area (Å²) in [5.41, 5.74) is 1.81. The first-order chi connectivity index (χ1) is 11.0. The summed E-state index contributed by atoms with van der Waals surface area (Å²) in [7, 11) is 1.59. The van der Waals surface area contributed by atoms with Gasteiger partial charge in [0.2, 0.25) is 0 Å². The number of carbonyl (C=O) groups is 1. The van der Waals surface area contributed by atoms with Crippen LogP contribution >= 0.6 is 11.6 Å². The van der Waals surface area contributed by atoms with E-state index in [4.69, 9.17) is 16.3 Å². The van der Waals surface area contributed by atoms with Crippen LogP contribution in [0.1, 0.15) is 30.8 Å². The van der Waals surface area contributed by atoms with Gasteiger partial charge < -0.3 is 15.4 Å². The Kier molecular flexibility index (Phi) is 5.82. The van der Waals surface area contributed by atoms with Crippen molar-refractivity contribution in [1.82, 2.24) is 10.3 Å². The summed E-state index contributed by atoms with van der Waals surface area (Å²) in [6.45, 7) is 3.97. The molecule has 1 atom stereocenters. The SMILES string of the molecule is CCC(C)NC(=O)c1cc(Nc2cc(Cl)ccc2OC)ccn1. The van der Waals surface area contributed by atoms with Crippen molar-refractivity contribution in [3.05, 3.63) is 47.2 Å². The highest BCUT2D eigenvalue weighted by Gasteiger charge is 2.11. The molecule has 122 valence electrons. The molecule has 0 bridgehead atoms. The molecule has 1 amide bonds. The molecule has 1 aromatic carbocycles. The number of hydrogen-bond donors (Lipinski definition) is 2. The third-order valence-electron chi connectivity index (χ3n) is 3.42. The molecule has 23 heavy (non-hydrogen) atoms. The fourth-order valence-corrected chi connectivity index (χ4v) is 2.14. The van der Waals surface area contributed by atoms with E-state index in [-0.39, 0.29) is 11.9 Å². The van der Waals surface area contributed by atoms with Gasteiger partial charge in [0.05, 0.1) is 12.8 Å². The Morgan fingerprint density at radius 2 is 2.13 bits per heavy atom. The minimum atomic E-state index is -0.193. The van der Waals surface area contributed by atoms with Crippen molar-refractivity contribution in [3.8, 4) is 5.75 Å². The quantitative estimate of drug-likeness (QED) is 0.838. The van der Waals surface area contributed by atoms with Crippen LogP contribution < -0.4 is 15.4 Å². The number of pyridine rings is 1. The van der Waals surface area contributed by atoms with Gasteiger partial charge >= 0.3 is 0 Å². The highest BCUT2D eigenvalue weighted by Crippen LogP contribution is 2.30. The number of carbonyl (C=O) groups excluding carboxylic acids is 1. The van der Waals surface area contributed by atoms with E-state index in [0.29, 0.717) is 16.5 Å². The number of nitrogens with zero attached hydrogens (tertiary/aromatic N) is 1. The fourth-order valence-electron chi connectivity index (χ4n) is 1.97. The highest BCUT2D eigenvalue weighted by atomic mass is 35.5. The van der Waals surface area contributed by atoms with Crippen LogP contribution in [0.25, 0.3) is 0 Å². The van der Waals surface area contributed by atoms with Crippen molar-refractivity contribution in [2.75, 3.05) is 12.4 Å². The van der Waals surface area contributed by atoms with Crippen LogP contribution in [0.4, 0.5) is 11.4 Å². The van der Waals surface area contributed by atoms with Gasteiger partial charge in [0.15, 0.2) is 0 Å². The summed E-state index contributed by atoms with van der Waals surface area (Å²) in [6, 6.07) is 8.87. The number of amides is 1. The first-order valence-electron chi connectivity index (χ1n) is 7.41. The molecular formula is C17H20ClN3O2. The standard InChI is InChI=1S/C17H20ClN3O2/c1-4-11(2)20-17(22)15-10-13(7-8-19-15)21-14-9-12(18)5-6-16(14)23-3/h5-11H,4H2,1-3H3,(H,19,21)(H,20,22). The van der Waals surface area contributed by atoms with Gasteiger partial charge in [0.1, 0.15) is 11.4 Å². The van der Waals surface area contributed by atoms with Crippen LogP contribution in [0, 0.1) is 0 Å². The molecule has 0 saturated carbocycles. The number of anilines is 2. The smallest absolute Gasteiger partial charge is 0.270 e. The average Bonchev–Trinajstić information content (AvgIpc) is 2.55. The first kappa shape index (κ1) is 17.1. The van der Waals surface area contributed by atoms with Gasteiger partial charge in [-0.2, -0.15) is 0 Å². The zero-order valence-electron chi connectivity index (χ0n) is 13.4. The molecular weight excluding hydrogens is 314 g/mol. The summed E-state index contributed by atoms with van der Waals surface area (Å²) < 4.78 is 5.30. The fraction of sp³-hybridized carbons (Fsp3) is 0.294. The maximum absolute atomic E-state index is 12.1. The zero-order valence-corrected chi connectivity index (χ0v) is 14.1. The Labute approximate surface area is 141 Å². The molecule has 0 radical (unpaired) electrons. The van der Waals surface area contributed by atoms with Crippen molar-refractivity contribution in [2.24, 2.45) is 0 Å². The Morgan fingerprint density at radius 3 is 2.83 bits per heavy atom. The highest BCUT2D eigenvalue weighted by molar-refractivity contribution is 6.31. The van der Waals surface area contributed by atoms with Gasteiger partial charge in [0.25, 0.3) is 5.91 Å². The van der Waals surface area contributed by atoms with Crippen molar-refractivity contribution < 1.29 is 9.53 Å². The summed E-state index contributed by atoms with van der Waals surface area (Å²) in [6.07, 6.45) is 2.45. The van der Waals surface area contributed by atoms with Gasteiger partial charge in [-0.05, 0) is 43.7 Å². The molecule has 1 unspecified atom stereocenters. The normalized spacial score (nSPS) is 11.7. The second-order valence-corrected chi connectivity index (χ2v) is 5.62. The minimum Gasteiger partial charge on any atom is -0.495 e. The predicted octanol–water partition coefficient (Wildman–Crippen LogP) is 4.02. The Morgan fingerprint density at radius 1 is 1.35 bits per heavy atom. The lowest BCUT2D eigenvalue weighted by Crippen LogP contribution is -2.32. The molecule has 1 heterocycles. The number of methoxy groups -OCH3 is 1. The molecule has 1 aromatic heterocycles. The molecule has 0 fully saturated rings. The number of nitrogens with one attached hydrogen (secondary N) is 2. The summed E-state index contributed by atoms with van der Waals surface area (Å²) in [5.74, 6) is 0.470. The van der Waals surface area contributed by atoms with Crippen LogP contribution in [0.3, 0.4) is 0 Å². The number of benzene rings is 1. The molecule has 6 heteroatoms. The van der Waals surface area contributed by atoms with Gasteiger partial charge in [0, 0.05) is 22.9 Å². The van der Waals surface area contributed by atoms with Crippen LogP contribution in [0.15, 0.2) is 36.5 Å². The van der Waals surface area contributed by atoms with Gasteiger partial charge in [-0.25, -0.2) is 0 Å². The first-order valence-corrected chi connectivity index (χ1v) is 7.78. The van der Waals surface area contributed by atoms with E-state index in [9.17, 15) is 4.79 Å². The van der Waals surface area contributed by atoms with Crippen LogP contribution in [0.2, 0.25) is 5.02 Å². The molecule has 0 spiro atoms. The maximum atomic E-state index is 12.1. The topological polar surface area (TPSA) is 63.2 Å². The largest absolute Gasteiger partial charge is 0.495 e. The van der Waals surface area contributed by atoms with E-state index < -0.39 is 0 Å². The number of hydrogen-bond acceptors (Lipinski definition) is 4. The number of ether oxygens (including phenoxy) is 1. The molecule has 5 nitrogen and oxygen atoms in total. The summed E-state index contributed by atoms with van der Waals surface area (Å²) in [4.78, 5) is 16.3. The van der Waals surface area contributed by atoms with Crippen molar-refractivity contribution >= 4 is 28.9 Å². The van der Waals surface area contributed by atoms with Gasteiger partial charge in [-0.3, -0.25) is 9.78 Å². The summed E-state index contributed by atoms with van der Waals surface area (Å²) >= 11 is 6.02. The van der Waals surface area contributed by atoms with Crippen LogP contribution in [0.5, 0.6) is 5.75 Å². The lowest BCUT2D eigenvalue weighted by atomic mass is 10.2. The monoisotopic (exact) mass is 333 g/mol. The van der Waals surface area contributed by atoms with Crippen molar-refractivity contribution in [1.29, 1.82) is 0 Å². The van der Waals surface area contributed by atoms with Crippen LogP contribution in [-0.4, -0.2) is 24.0 Å². The Hall–Kier alpha value is -2.27. The molecule has 0 aliphatic carbocycles. The van der Waals surface area contributed by atoms with E-state index >= 15 is 0 Å². The molecule has 0 aliphatic heterocycles. The van der Waals surface area contributed by atoms with Gasteiger partial charge in [-0.1, -0.05) is 18.5 Å². The van der Waals surface area contributed by atoms with E-state index in [0.717, 1.165) is 17.8 Å². The third kappa shape index (κ3) is 4.60. The predicted molar refractivity (Wildman–Crippen MR) is 92.7 cm³/mol. The second kappa shape index (κ2) is 7.83. The number of aromatic nitrogens is 1. The van der Waals surface area contributed by atoms with Crippen molar-refractivity contribution in [2.45, 2.75) is 26.3 Å². The molecule has 2 N–H and O–H groups in total. The van der Waals surface area contributed by atoms with Gasteiger partial charge in [-0.15, -0.1) is 0 Å². The molecule has 2 aromatic rings. The van der Waals surface area contributed by atoms with E-state index in [1.54, 1.807) is 43.6 Å². The zero-order chi connectivity index (χ0) is 16.8. The molecule has 0 aliphatic rings. The molecule has 2 rings (SSSR count). The minimum absolute atomic E-state index is 0.105. The molecule has 0 saturated heterocycles. The third-order valence-corrected chi connectivity index (χ3v) is 3.66. The average molecular weight is 334 g/mol. The maximum Gasteiger partial charge on any atom is 0.270 e. The van der Waals surface area contributed by atoms with E-state index in [2.05, 4.69) is 15.6 Å². The van der Waals surface area contributed by atoms with E-state index in [1.807, 2.05) is 13.8 Å². The van der Waals surface area contributed by atoms with Crippen molar-refractivity contribution in [3.63, 3.8) is 0 Å². The summed E-state index contributed by atoms with van der Waals surface area (Å²) in [5, 5.41) is 6.69. The van der Waals surface area contributed by atoms with Crippen LogP contribution in [-0.2, 0) is 0 Å². The lowest BCUT2D eigenvalue weighted by Gasteiger charge is -2.13. The Bertz CT molecular complexity index is 691. The lowest BCUT2D eigenvalue weighted by molar-refractivity contribution is 0.0934.